The second kappa shape index (κ2) is 6.35. The van der Waals surface area contributed by atoms with E-state index >= 15 is 0 Å². The van der Waals surface area contributed by atoms with Crippen molar-refractivity contribution in [1.29, 1.82) is 0 Å². The molecule has 1 saturated carbocycles. The maximum atomic E-state index is 12.8. The van der Waals surface area contributed by atoms with E-state index in [1.807, 2.05) is 0 Å². The molecule has 0 aromatic heterocycles. The SMILES string of the molecule is COc1ccc(S(=O)(=O)N2CC3CCC(N)C3C2)c(C)c1.Cl. The number of hydrogen-bond donors (Lipinski definition) is 1. The highest BCUT2D eigenvalue weighted by molar-refractivity contribution is 7.89. The van der Waals surface area contributed by atoms with E-state index in [4.69, 9.17) is 10.5 Å². The zero-order valence-corrected chi connectivity index (χ0v) is 14.5. The lowest BCUT2D eigenvalue weighted by atomic mass is 9.98. The lowest BCUT2D eigenvalue weighted by molar-refractivity contribution is 0.413. The molecule has 3 atom stereocenters. The summed E-state index contributed by atoms with van der Waals surface area (Å²) >= 11 is 0. The molecule has 2 aliphatic rings. The number of hydrogen-bond acceptors (Lipinski definition) is 4. The molecule has 0 spiro atoms. The van der Waals surface area contributed by atoms with E-state index in [1.54, 1.807) is 36.5 Å². The van der Waals surface area contributed by atoms with Crippen molar-refractivity contribution in [3.05, 3.63) is 23.8 Å². The molecular formula is C15H23ClN2O3S. The van der Waals surface area contributed by atoms with Crippen LogP contribution < -0.4 is 10.5 Å². The van der Waals surface area contributed by atoms with Gasteiger partial charge < -0.3 is 10.5 Å². The summed E-state index contributed by atoms with van der Waals surface area (Å²) in [7, 11) is -1.86. The lowest BCUT2D eigenvalue weighted by Gasteiger charge is -2.20. The number of benzene rings is 1. The van der Waals surface area contributed by atoms with Crippen LogP contribution in [0.15, 0.2) is 23.1 Å². The normalized spacial score (nSPS) is 28.2. The highest BCUT2D eigenvalue weighted by Crippen LogP contribution is 2.39. The van der Waals surface area contributed by atoms with Crippen LogP contribution in [0.25, 0.3) is 0 Å². The minimum atomic E-state index is -3.44. The summed E-state index contributed by atoms with van der Waals surface area (Å²) in [6.07, 6.45) is 2.06. The second-order valence-electron chi connectivity index (χ2n) is 6.12. The number of sulfonamides is 1. The van der Waals surface area contributed by atoms with Crippen LogP contribution in [0, 0.1) is 18.8 Å². The molecule has 3 unspecified atom stereocenters. The van der Waals surface area contributed by atoms with Crippen LogP contribution in [0.3, 0.4) is 0 Å². The van der Waals surface area contributed by atoms with Gasteiger partial charge in [0.05, 0.1) is 12.0 Å². The van der Waals surface area contributed by atoms with Gasteiger partial charge in [0, 0.05) is 19.1 Å². The predicted octanol–water partition coefficient (Wildman–Crippen LogP) is 1.78. The van der Waals surface area contributed by atoms with Crippen molar-refractivity contribution in [2.75, 3.05) is 20.2 Å². The number of methoxy groups -OCH3 is 1. The van der Waals surface area contributed by atoms with Gasteiger partial charge >= 0.3 is 0 Å². The molecule has 1 saturated heterocycles. The first-order chi connectivity index (χ1) is 9.93. The van der Waals surface area contributed by atoms with E-state index in [0.29, 0.717) is 35.6 Å². The van der Waals surface area contributed by atoms with Crippen molar-refractivity contribution in [3.8, 4) is 5.75 Å². The topological polar surface area (TPSA) is 72.6 Å². The monoisotopic (exact) mass is 346 g/mol. The summed E-state index contributed by atoms with van der Waals surface area (Å²) in [6.45, 7) is 2.96. The average Bonchev–Trinajstić information content (AvgIpc) is 3.01. The van der Waals surface area contributed by atoms with E-state index in [-0.39, 0.29) is 18.4 Å². The van der Waals surface area contributed by atoms with Crippen molar-refractivity contribution in [3.63, 3.8) is 0 Å². The fourth-order valence-electron chi connectivity index (χ4n) is 3.64. The Morgan fingerprint density at radius 1 is 1.27 bits per heavy atom. The van der Waals surface area contributed by atoms with Gasteiger partial charge in [-0.05, 0) is 55.4 Å². The zero-order chi connectivity index (χ0) is 15.2. The van der Waals surface area contributed by atoms with Gasteiger partial charge in [-0.2, -0.15) is 4.31 Å². The van der Waals surface area contributed by atoms with E-state index < -0.39 is 10.0 Å². The molecule has 1 aromatic rings. The molecule has 3 rings (SSSR count). The van der Waals surface area contributed by atoms with Crippen LogP contribution in [0.5, 0.6) is 5.75 Å². The van der Waals surface area contributed by atoms with Gasteiger partial charge in [-0.3, -0.25) is 0 Å². The first kappa shape index (κ1) is 17.5. The van der Waals surface area contributed by atoms with Gasteiger partial charge in [-0.15, -0.1) is 12.4 Å². The maximum Gasteiger partial charge on any atom is 0.243 e. The molecule has 22 heavy (non-hydrogen) atoms. The molecule has 124 valence electrons. The van der Waals surface area contributed by atoms with E-state index in [0.717, 1.165) is 18.4 Å². The number of nitrogens with two attached hydrogens (primary N) is 1. The van der Waals surface area contributed by atoms with Crippen LogP contribution in [0.2, 0.25) is 0 Å². The number of ether oxygens (including phenoxy) is 1. The first-order valence-electron chi connectivity index (χ1n) is 7.34. The lowest BCUT2D eigenvalue weighted by Crippen LogP contribution is -2.33. The molecule has 5 nitrogen and oxygen atoms in total. The molecule has 1 aliphatic carbocycles. The Balaban J connectivity index is 0.00000176. The van der Waals surface area contributed by atoms with Crippen LogP contribution in [-0.4, -0.2) is 39.0 Å². The molecule has 0 amide bonds. The average molecular weight is 347 g/mol. The van der Waals surface area contributed by atoms with Crippen LogP contribution in [-0.2, 0) is 10.0 Å². The first-order valence-corrected chi connectivity index (χ1v) is 8.78. The van der Waals surface area contributed by atoms with Gasteiger partial charge in [0.2, 0.25) is 10.0 Å². The number of fused-ring (bicyclic) bond motifs is 1. The molecule has 7 heteroatoms. The summed E-state index contributed by atoms with van der Waals surface area (Å²) < 4.78 is 32.4. The minimum Gasteiger partial charge on any atom is -0.497 e. The Morgan fingerprint density at radius 2 is 2.00 bits per heavy atom. The minimum absolute atomic E-state index is 0. The number of halogens is 1. The fraction of sp³-hybridized carbons (Fsp3) is 0.600. The Kier molecular flexibility index (Phi) is 5.06. The largest absolute Gasteiger partial charge is 0.497 e. The summed E-state index contributed by atoms with van der Waals surface area (Å²) in [5, 5.41) is 0. The number of aryl methyl sites for hydroxylation is 1. The van der Waals surface area contributed by atoms with Crippen LogP contribution >= 0.6 is 12.4 Å². The summed E-state index contributed by atoms with van der Waals surface area (Å²) in [5.74, 6) is 1.42. The van der Waals surface area contributed by atoms with Gasteiger partial charge in [0.15, 0.2) is 0 Å². The highest BCUT2D eigenvalue weighted by Gasteiger charge is 2.45. The Morgan fingerprint density at radius 3 is 2.59 bits per heavy atom. The molecule has 0 radical (unpaired) electrons. The molecule has 2 N–H and O–H groups in total. The highest BCUT2D eigenvalue weighted by atomic mass is 35.5. The van der Waals surface area contributed by atoms with Gasteiger partial charge in [-0.25, -0.2) is 8.42 Å². The Labute approximate surface area is 138 Å². The summed E-state index contributed by atoms with van der Waals surface area (Å²) in [6, 6.07) is 5.24. The molecule has 0 bridgehead atoms. The standard InChI is InChI=1S/C15H22N2O3S.ClH/c1-10-7-12(20-2)4-6-15(10)21(18,19)17-8-11-3-5-14(16)13(11)9-17;/h4,6-7,11,13-14H,3,5,8-9,16H2,1-2H3;1H. The second-order valence-corrected chi connectivity index (χ2v) is 8.02. The van der Waals surface area contributed by atoms with Crippen molar-refractivity contribution >= 4 is 22.4 Å². The number of nitrogens with zero attached hydrogens (tertiary/aromatic N) is 1. The molecule has 1 heterocycles. The van der Waals surface area contributed by atoms with Gasteiger partial charge in [0.1, 0.15) is 5.75 Å². The maximum absolute atomic E-state index is 12.8. The third kappa shape index (κ3) is 2.85. The molecule has 2 fully saturated rings. The zero-order valence-electron chi connectivity index (χ0n) is 12.9. The van der Waals surface area contributed by atoms with Gasteiger partial charge in [0.25, 0.3) is 0 Å². The van der Waals surface area contributed by atoms with Gasteiger partial charge in [-0.1, -0.05) is 0 Å². The Hall–Kier alpha value is -0.820. The predicted molar refractivity (Wildman–Crippen MR) is 87.9 cm³/mol. The molecular weight excluding hydrogens is 324 g/mol. The summed E-state index contributed by atoms with van der Waals surface area (Å²) in [5.41, 5.74) is 6.81. The Bertz CT molecular complexity index is 650. The van der Waals surface area contributed by atoms with Crippen molar-refractivity contribution in [2.45, 2.75) is 30.7 Å². The molecule has 1 aromatic carbocycles. The smallest absolute Gasteiger partial charge is 0.243 e. The van der Waals surface area contributed by atoms with E-state index in [2.05, 4.69) is 0 Å². The quantitative estimate of drug-likeness (QED) is 0.905. The van der Waals surface area contributed by atoms with Crippen molar-refractivity contribution in [1.82, 2.24) is 4.31 Å². The third-order valence-corrected chi connectivity index (χ3v) is 6.87. The fourth-order valence-corrected chi connectivity index (χ4v) is 5.38. The van der Waals surface area contributed by atoms with Crippen LogP contribution in [0.1, 0.15) is 18.4 Å². The third-order valence-electron chi connectivity index (χ3n) is 4.88. The van der Waals surface area contributed by atoms with Crippen molar-refractivity contribution in [2.24, 2.45) is 17.6 Å². The van der Waals surface area contributed by atoms with E-state index in [1.165, 1.54) is 0 Å². The number of rotatable bonds is 3. The van der Waals surface area contributed by atoms with Crippen LogP contribution in [0.4, 0.5) is 0 Å². The van der Waals surface area contributed by atoms with E-state index in [9.17, 15) is 8.42 Å². The molecule has 1 aliphatic heterocycles. The van der Waals surface area contributed by atoms with Crippen molar-refractivity contribution < 1.29 is 13.2 Å². The summed E-state index contributed by atoms with van der Waals surface area (Å²) in [4.78, 5) is 0.372.